The fourth-order valence-electron chi connectivity index (χ4n) is 1.14. The van der Waals surface area contributed by atoms with Crippen molar-refractivity contribution in [1.29, 1.82) is 0 Å². The van der Waals surface area contributed by atoms with Gasteiger partial charge in [-0.25, -0.2) is 9.97 Å². The molecule has 0 radical (unpaired) electrons. The molecule has 80 valence electrons. The monoisotopic (exact) mass is 223 g/mol. The molecule has 0 aliphatic heterocycles. The summed E-state index contributed by atoms with van der Waals surface area (Å²) in [6, 6.07) is 0. The number of terminal acetylenes is 1. The van der Waals surface area contributed by atoms with Crippen molar-refractivity contribution in [3.63, 3.8) is 0 Å². The van der Waals surface area contributed by atoms with Gasteiger partial charge in [-0.05, 0) is 20.3 Å². The minimum absolute atomic E-state index is 0.443. The Morgan fingerprint density at radius 1 is 1.53 bits per heavy atom. The van der Waals surface area contributed by atoms with Crippen LogP contribution in [-0.2, 0) is 6.42 Å². The summed E-state index contributed by atoms with van der Waals surface area (Å²) in [7, 11) is 0. The van der Waals surface area contributed by atoms with Crippen LogP contribution < -0.4 is 5.32 Å². The smallest absolute Gasteiger partial charge is 0.137 e. The minimum Gasteiger partial charge on any atom is -0.354 e. The summed E-state index contributed by atoms with van der Waals surface area (Å²) in [6.45, 7) is 5.81. The molecule has 3 nitrogen and oxygen atoms in total. The summed E-state index contributed by atoms with van der Waals surface area (Å²) in [6.07, 6.45) is 7.59. The number of hydrogen-bond donors (Lipinski definition) is 1. The van der Waals surface area contributed by atoms with Gasteiger partial charge in [0.1, 0.15) is 17.3 Å². The maximum atomic E-state index is 5.96. The predicted octanol–water partition coefficient (Wildman–Crippen LogP) is 2.52. The van der Waals surface area contributed by atoms with Gasteiger partial charge in [0.2, 0.25) is 0 Å². The van der Waals surface area contributed by atoms with Gasteiger partial charge < -0.3 is 5.32 Å². The van der Waals surface area contributed by atoms with Crippen molar-refractivity contribution in [1.82, 2.24) is 9.97 Å². The Morgan fingerprint density at radius 2 is 2.20 bits per heavy atom. The molecule has 0 amide bonds. The van der Waals surface area contributed by atoms with Crippen LogP contribution in [-0.4, -0.2) is 15.5 Å². The summed E-state index contributed by atoms with van der Waals surface area (Å²) in [5.74, 6) is 3.35. The fourth-order valence-corrected chi connectivity index (χ4v) is 1.41. The third-order valence-electron chi connectivity index (χ3n) is 2.04. The van der Waals surface area contributed by atoms with Gasteiger partial charge in [0.05, 0.1) is 5.54 Å². The molecule has 0 aromatic carbocycles. The largest absolute Gasteiger partial charge is 0.354 e. The molecule has 1 rings (SSSR count). The molecule has 0 fully saturated rings. The van der Waals surface area contributed by atoms with Crippen LogP contribution in [0.1, 0.15) is 26.3 Å². The summed E-state index contributed by atoms with van der Waals surface area (Å²) >= 11 is 5.96. The first kappa shape index (κ1) is 11.8. The van der Waals surface area contributed by atoms with Crippen molar-refractivity contribution in [2.75, 3.05) is 5.32 Å². The maximum Gasteiger partial charge on any atom is 0.137 e. The van der Waals surface area contributed by atoms with Crippen LogP contribution in [0.3, 0.4) is 0 Å². The van der Waals surface area contributed by atoms with Gasteiger partial charge >= 0.3 is 0 Å². The van der Waals surface area contributed by atoms with Crippen molar-refractivity contribution in [2.45, 2.75) is 32.7 Å². The average molecular weight is 224 g/mol. The van der Waals surface area contributed by atoms with E-state index in [-0.39, 0.29) is 0 Å². The van der Waals surface area contributed by atoms with Crippen molar-refractivity contribution in [2.24, 2.45) is 0 Å². The number of anilines is 1. The van der Waals surface area contributed by atoms with Gasteiger partial charge in [0.15, 0.2) is 0 Å². The van der Waals surface area contributed by atoms with Crippen molar-refractivity contribution < 1.29 is 0 Å². The second-order valence-electron chi connectivity index (χ2n) is 3.74. The Kier molecular flexibility index (Phi) is 3.54. The molecule has 1 N–H and O–H groups in total. The maximum absolute atomic E-state index is 5.96. The highest BCUT2D eigenvalue weighted by atomic mass is 35.5. The Morgan fingerprint density at radius 3 is 2.73 bits per heavy atom. The van der Waals surface area contributed by atoms with E-state index in [1.165, 1.54) is 6.33 Å². The fraction of sp³-hybridized carbons (Fsp3) is 0.455. The van der Waals surface area contributed by atoms with Crippen LogP contribution in [0.4, 0.5) is 5.82 Å². The van der Waals surface area contributed by atoms with E-state index >= 15 is 0 Å². The highest BCUT2D eigenvalue weighted by Crippen LogP contribution is 2.22. The van der Waals surface area contributed by atoms with Gasteiger partial charge in [-0.15, -0.1) is 6.42 Å². The zero-order valence-electron chi connectivity index (χ0n) is 9.13. The third kappa shape index (κ3) is 2.84. The van der Waals surface area contributed by atoms with E-state index < -0.39 is 5.54 Å². The number of hydrogen-bond acceptors (Lipinski definition) is 3. The first-order valence-corrected chi connectivity index (χ1v) is 5.13. The summed E-state index contributed by atoms with van der Waals surface area (Å²) in [4.78, 5) is 8.07. The number of nitrogens with one attached hydrogen (secondary N) is 1. The molecule has 0 saturated heterocycles. The van der Waals surface area contributed by atoms with Crippen LogP contribution in [0.2, 0.25) is 5.15 Å². The van der Waals surface area contributed by atoms with E-state index in [9.17, 15) is 0 Å². The molecule has 0 aliphatic rings. The highest BCUT2D eigenvalue weighted by Gasteiger charge is 2.17. The van der Waals surface area contributed by atoms with Gasteiger partial charge in [-0.1, -0.05) is 24.4 Å². The zero-order valence-corrected chi connectivity index (χ0v) is 9.89. The van der Waals surface area contributed by atoms with E-state index in [4.69, 9.17) is 18.0 Å². The second-order valence-corrected chi connectivity index (χ2v) is 4.10. The van der Waals surface area contributed by atoms with Crippen LogP contribution in [0.15, 0.2) is 6.33 Å². The van der Waals surface area contributed by atoms with Crippen LogP contribution in [0.25, 0.3) is 0 Å². The number of nitrogens with zero attached hydrogens (tertiary/aromatic N) is 2. The molecular weight excluding hydrogens is 210 g/mol. The molecule has 0 atom stereocenters. The van der Waals surface area contributed by atoms with Gasteiger partial charge in [0, 0.05) is 5.56 Å². The standard InChI is InChI=1S/C11H14ClN3/c1-5-8-9(12)13-7-14-10(8)15-11(3,4)6-2/h2,7H,5H2,1,3-4H3,(H,13,14,15). The number of rotatable bonds is 3. The third-order valence-corrected chi connectivity index (χ3v) is 2.36. The number of aromatic nitrogens is 2. The van der Waals surface area contributed by atoms with Gasteiger partial charge in [-0.2, -0.15) is 0 Å². The molecule has 0 bridgehead atoms. The van der Waals surface area contributed by atoms with E-state index in [1.54, 1.807) is 0 Å². The van der Waals surface area contributed by atoms with Crippen molar-refractivity contribution in [3.8, 4) is 12.3 Å². The molecule has 0 aliphatic carbocycles. The highest BCUT2D eigenvalue weighted by molar-refractivity contribution is 6.30. The van der Waals surface area contributed by atoms with Crippen LogP contribution in [0, 0.1) is 12.3 Å². The molecule has 1 heterocycles. The summed E-state index contributed by atoms with van der Waals surface area (Å²) in [5.41, 5.74) is 0.448. The lowest BCUT2D eigenvalue weighted by Gasteiger charge is -2.22. The molecule has 4 heteroatoms. The van der Waals surface area contributed by atoms with Crippen molar-refractivity contribution in [3.05, 3.63) is 17.0 Å². The van der Waals surface area contributed by atoms with E-state index in [2.05, 4.69) is 21.2 Å². The lowest BCUT2D eigenvalue weighted by molar-refractivity contribution is 0.732. The lowest BCUT2D eigenvalue weighted by Crippen LogP contribution is -2.29. The van der Waals surface area contributed by atoms with E-state index in [0.29, 0.717) is 11.0 Å². The van der Waals surface area contributed by atoms with Gasteiger partial charge in [-0.3, -0.25) is 0 Å². The molecule has 0 unspecified atom stereocenters. The molecule has 1 aromatic rings. The first-order chi connectivity index (χ1) is 7.00. The molecule has 0 saturated carbocycles. The van der Waals surface area contributed by atoms with Crippen LogP contribution in [0.5, 0.6) is 0 Å². The second kappa shape index (κ2) is 4.50. The zero-order chi connectivity index (χ0) is 11.5. The SMILES string of the molecule is C#CC(C)(C)Nc1ncnc(Cl)c1CC. The minimum atomic E-state index is -0.443. The topological polar surface area (TPSA) is 37.8 Å². The molecule has 15 heavy (non-hydrogen) atoms. The Labute approximate surface area is 95.3 Å². The normalized spacial score (nSPS) is 10.9. The Balaban J connectivity index is 3.06. The van der Waals surface area contributed by atoms with Gasteiger partial charge in [0.25, 0.3) is 0 Å². The van der Waals surface area contributed by atoms with E-state index in [0.717, 1.165) is 12.0 Å². The molecule has 0 spiro atoms. The number of halogens is 1. The molecular formula is C11H14ClN3. The Hall–Kier alpha value is -1.27. The summed E-state index contributed by atoms with van der Waals surface area (Å²) in [5, 5.41) is 3.63. The summed E-state index contributed by atoms with van der Waals surface area (Å²) < 4.78 is 0. The molecule has 1 aromatic heterocycles. The van der Waals surface area contributed by atoms with Crippen LogP contribution >= 0.6 is 11.6 Å². The quantitative estimate of drug-likeness (QED) is 0.632. The lowest BCUT2D eigenvalue weighted by atomic mass is 10.1. The van der Waals surface area contributed by atoms with Crippen molar-refractivity contribution >= 4 is 17.4 Å². The Bertz CT molecular complexity index is 393. The average Bonchev–Trinajstić information content (AvgIpc) is 2.18. The first-order valence-electron chi connectivity index (χ1n) is 4.75. The van der Waals surface area contributed by atoms with E-state index in [1.807, 2.05) is 20.8 Å². The predicted molar refractivity (Wildman–Crippen MR) is 63.0 cm³/mol.